The molecule has 25 heavy (non-hydrogen) atoms. The van der Waals surface area contributed by atoms with Crippen LogP contribution in [0.1, 0.15) is 72.1 Å². The molecule has 0 aliphatic heterocycles. The molecule has 4 aliphatic rings. The highest BCUT2D eigenvalue weighted by Gasteiger charge is 2.62. The molecular weight excluding hydrogens is 380 g/mol. The summed E-state index contributed by atoms with van der Waals surface area (Å²) in [6.07, 6.45) is 8.96. The lowest BCUT2D eigenvalue weighted by Gasteiger charge is -2.60. The smallest absolute Gasteiger partial charge is 0.302 e. The van der Waals surface area contributed by atoms with Gasteiger partial charge in [0.25, 0.3) is 0 Å². The Bertz CT molecular complexity index is 590. The predicted molar refractivity (Wildman–Crippen MR) is 100 cm³/mol. The van der Waals surface area contributed by atoms with Crippen molar-refractivity contribution in [2.45, 2.75) is 83.1 Å². The van der Waals surface area contributed by atoms with Gasteiger partial charge in [-0.25, -0.2) is 0 Å². The summed E-state index contributed by atoms with van der Waals surface area (Å²) in [6.45, 7) is 6.39. The van der Waals surface area contributed by atoms with E-state index >= 15 is 0 Å². The van der Waals surface area contributed by atoms with E-state index in [-0.39, 0.29) is 22.3 Å². The van der Waals surface area contributed by atoms with E-state index in [0.717, 1.165) is 31.1 Å². The molecule has 0 N–H and O–H groups in total. The van der Waals surface area contributed by atoms with E-state index in [0.29, 0.717) is 23.0 Å². The summed E-state index contributed by atoms with van der Waals surface area (Å²) in [5.74, 6) is 2.95. The van der Waals surface area contributed by atoms with Crippen molar-refractivity contribution in [1.82, 2.24) is 0 Å². The first-order chi connectivity index (χ1) is 11.8. The number of rotatable bonds is 1. The van der Waals surface area contributed by atoms with Gasteiger partial charge in [0.1, 0.15) is 11.9 Å². The van der Waals surface area contributed by atoms with Gasteiger partial charge in [0, 0.05) is 18.8 Å². The van der Waals surface area contributed by atoms with Crippen LogP contribution in [-0.2, 0) is 14.3 Å². The van der Waals surface area contributed by atoms with Gasteiger partial charge in [-0.05, 0) is 74.0 Å². The number of ether oxygens (including phenoxy) is 1. The van der Waals surface area contributed by atoms with Gasteiger partial charge < -0.3 is 4.74 Å². The zero-order valence-electron chi connectivity index (χ0n) is 15.7. The Morgan fingerprint density at radius 2 is 1.68 bits per heavy atom. The third kappa shape index (κ3) is 2.56. The zero-order chi connectivity index (χ0) is 18.0. The van der Waals surface area contributed by atoms with E-state index in [9.17, 15) is 9.59 Å². The topological polar surface area (TPSA) is 43.4 Å². The molecule has 0 heterocycles. The highest BCUT2D eigenvalue weighted by Crippen LogP contribution is 2.66. The summed E-state index contributed by atoms with van der Waals surface area (Å²) in [4.78, 5) is 23.8. The molecule has 0 radical (unpaired) electrons. The number of ketones is 1. The Morgan fingerprint density at radius 3 is 2.40 bits per heavy atom. The molecule has 4 aliphatic carbocycles. The molecule has 0 saturated heterocycles. The second kappa shape index (κ2) is 6.07. The van der Waals surface area contributed by atoms with Crippen LogP contribution >= 0.6 is 15.9 Å². The second-order valence-corrected chi connectivity index (χ2v) is 10.6. The van der Waals surface area contributed by atoms with Gasteiger partial charge in [-0.3, -0.25) is 9.59 Å². The number of hydrogen-bond donors (Lipinski definition) is 0. The van der Waals surface area contributed by atoms with E-state index in [1.165, 1.54) is 32.1 Å². The van der Waals surface area contributed by atoms with Gasteiger partial charge in [-0.2, -0.15) is 0 Å². The molecule has 0 bridgehead atoms. The Morgan fingerprint density at radius 1 is 1.00 bits per heavy atom. The standard InChI is InChI=1S/C21H31BrO3/c1-12(23)25-18-7-6-14-13-4-5-16-19(22)17(24)9-11-20(16,2)15(13)8-10-21(14,18)3/h13-16,18-19H,4-11H2,1-3H3/t13-,14-,15-,16-,18+,19-,20-,21+/m1/s1. The molecule has 4 fully saturated rings. The summed E-state index contributed by atoms with van der Waals surface area (Å²) in [6, 6.07) is 0. The fourth-order valence-corrected chi connectivity index (χ4v) is 8.53. The minimum atomic E-state index is -0.127. The lowest BCUT2D eigenvalue weighted by Crippen LogP contribution is -2.56. The molecule has 0 aromatic heterocycles. The molecule has 0 aromatic carbocycles. The highest BCUT2D eigenvalue weighted by molar-refractivity contribution is 9.10. The summed E-state index contributed by atoms with van der Waals surface area (Å²) >= 11 is 3.74. The molecule has 0 aromatic rings. The third-order valence-corrected chi connectivity index (χ3v) is 9.88. The van der Waals surface area contributed by atoms with Crippen LogP contribution in [0.2, 0.25) is 0 Å². The number of carbonyl (C=O) groups is 2. The van der Waals surface area contributed by atoms with Crippen LogP contribution in [0.15, 0.2) is 0 Å². The average Bonchev–Trinajstić information content (AvgIpc) is 2.88. The monoisotopic (exact) mass is 410 g/mol. The maximum atomic E-state index is 12.2. The number of fused-ring (bicyclic) bond motifs is 5. The van der Waals surface area contributed by atoms with Crippen LogP contribution in [0, 0.1) is 34.5 Å². The minimum Gasteiger partial charge on any atom is -0.462 e. The van der Waals surface area contributed by atoms with Crippen molar-refractivity contribution in [2.24, 2.45) is 34.5 Å². The van der Waals surface area contributed by atoms with Crippen molar-refractivity contribution in [2.75, 3.05) is 0 Å². The van der Waals surface area contributed by atoms with E-state index in [1.54, 1.807) is 6.92 Å². The number of carbonyl (C=O) groups excluding carboxylic acids is 2. The molecule has 140 valence electrons. The van der Waals surface area contributed by atoms with Crippen LogP contribution < -0.4 is 0 Å². The molecule has 3 nitrogen and oxygen atoms in total. The molecule has 0 amide bonds. The minimum absolute atomic E-state index is 0.0675. The number of alkyl halides is 1. The van der Waals surface area contributed by atoms with Crippen LogP contribution in [0.4, 0.5) is 0 Å². The summed E-state index contributed by atoms with van der Waals surface area (Å²) in [5.41, 5.74) is 0.458. The molecule has 0 spiro atoms. The Hall–Kier alpha value is -0.380. The van der Waals surface area contributed by atoms with Gasteiger partial charge in [-0.15, -0.1) is 0 Å². The van der Waals surface area contributed by atoms with Crippen molar-refractivity contribution >= 4 is 27.7 Å². The highest BCUT2D eigenvalue weighted by atomic mass is 79.9. The van der Waals surface area contributed by atoms with Gasteiger partial charge in [0.15, 0.2) is 0 Å². The first kappa shape index (κ1) is 18.0. The largest absolute Gasteiger partial charge is 0.462 e. The summed E-state index contributed by atoms with van der Waals surface area (Å²) in [7, 11) is 0. The second-order valence-electron chi connectivity index (χ2n) is 9.65. The van der Waals surface area contributed by atoms with Gasteiger partial charge in [0.05, 0.1) is 4.83 Å². The van der Waals surface area contributed by atoms with Crippen LogP contribution in [-0.4, -0.2) is 22.7 Å². The van der Waals surface area contributed by atoms with Crippen molar-refractivity contribution in [3.63, 3.8) is 0 Å². The first-order valence-electron chi connectivity index (χ1n) is 10.1. The summed E-state index contributed by atoms with van der Waals surface area (Å²) < 4.78 is 5.74. The van der Waals surface area contributed by atoms with Crippen LogP contribution in [0.3, 0.4) is 0 Å². The molecule has 8 atom stereocenters. The van der Waals surface area contributed by atoms with Crippen LogP contribution in [0.5, 0.6) is 0 Å². The van der Waals surface area contributed by atoms with Crippen LogP contribution in [0.25, 0.3) is 0 Å². The van der Waals surface area contributed by atoms with Crippen molar-refractivity contribution in [1.29, 1.82) is 0 Å². The lowest BCUT2D eigenvalue weighted by molar-refractivity contribution is -0.161. The number of Topliss-reactive ketones (excluding diaryl/α,β-unsaturated/α-hetero) is 1. The number of esters is 1. The fourth-order valence-electron chi connectivity index (χ4n) is 7.44. The average molecular weight is 411 g/mol. The summed E-state index contributed by atoms with van der Waals surface area (Å²) in [5, 5.41) is 0. The van der Waals surface area contributed by atoms with Crippen molar-refractivity contribution in [3.8, 4) is 0 Å². The van der Waals surface area contributed by atoms with Gasteiger partial charge in [-0.1, -0.05) is 29.8 Å². The van der Waals surface area contributed by atoms with E-state index < -0.39 is 0 Å². The Balaban J connectivity index is 1.60. The predicted octanol–water partition coefficient (Wildman–Crippen LogP) is 4.90. The van der Waals surface area contributed by atoms with E-state index in [1.807, 2.05) is 0 Å². The Labute approximate surface area is 159 Å². The van der Waals surface area contributed by atoms with Gasteiger partial charge in [0.2, 0.25) is 0 Å². The third-order valence-electron chi connectivity index (χ3n) is 8.73. The lowest BCUT2D eigenvalue weighted by atomic mass is 9.45. The molecule has 0 unspecified atom stereocenters. The van der Waals surface area contributed by atoms with Crippen molar-refractivity contribution in [3.05, 3.63) is 0 Å². The maximum absolute atomic E-state index is 12.2. The van der Waals surface area contributed by atoms with Gasteiger partial charge >= 0.3 is 5.97 Å². The van der Waals surface area contributed by atoms with E-state index in [4.69, 9.17) is 4.74 Å². The zero-order valence-corrected chi connectivity index (χ0v) is 17.3. The maximum Gasteiger partial charge on any atom is 0.302 e. The Kier molecular flexibility index (Phi) is 4.37. The normalized spacial score (nSPS) is 52.1. The van der Waals surface area contributed by atoms with E-state index in [2.05, 4.69) is 29.8 Å². The quantitative estimate of drug-likeness (QED) is 0.455. The molecule has 4 saturated carbocycles. The molecule has 4 heteroatoms. The van der Waals surface area contributed by atoms with Crippen molar-refractivity contribution < 1.29 is 14.3 Å². The first-order valence-corrected chi connectivity index (χ1v) is 11.0. The molecule has 4 rings (SSSR count). The number of hydrogen-bond acceptors (Lipinski definition) is 3. The number of halogens is 1. The molecular formula is C21H31BrO3. The SMILES string of the molecule is CC(=O)O[C@H]1CC[C@@H]2[C@H]3CC[C@@H]4[C@@H](Br)C(=O)CC[C@]4(C)[C@@H]3CC[C@]12C. The fraction of sp³-hybridized carbons (Fsp3) is 0.905.